The molecule has 0 radical (unpaired) electrons. The van der Waals surface area contributed by atoms with Crippen molar-refractivity contribution in [3.05, 3.63) is 48.5 Å². The number of hydrogen-bond acceptors (Lipinski definition) is 6. The molecule has 8 heteroatoms. The first kappa shape index (κ1) is 23.2. The van der Waals surface area contributed by atoms with E-state index >= 15 is 0 Å². The second kappa shape index (κ2) is 7.80. The van der Waals surface area contributed by atoms with Crippen molar-refractivity contribution in [1.29, 1.82) is 0 Å². The molecule has 0 N–H and O–H groups in total. The minimum Gasteiger partial charge on any atom is -0.399 e. The summed E-state index contributed by atoms with van der Waals surface area (Å²) in [4.78, 5) is 0. The minimum atomic E-state index is -0.381. The Kier molecular flexibility index (Phi) is 5.65. The summed E-state index contributed by atoms with van der Waals surface area (Å²) in [7, 11) is -0.762. The van der Waals surface area contributed by atoms with Crippen LogP contribution in [0.5, 0.6) is 0 Å². The van der Waals surface area contributed by atoms with Gasteiger partial charge in [0.05, 0.1) is 33.8 Å². The minimum absolute atomic E-state index is 0.359. The smallest absolute Gasteiger partial charge is 0.399 e. The van der Waals surface area contributed by atoms with Gasteiger partial charge in [-0.25, -0.2) is 0 Å². The van der Waals surface area contributed by atoms with Crippen LogP contribution in [-0.2, 0) is 18.6 Å². The summed E-state index contributed by atoms with van der Waals surface area (Å²) in [6.07, 6.45) is 0. The second-order valence-electron chi connectivity index (χ2n) is 10.6. The van der Waals surface area contributed by atoms with Gasteiger partial charge in [-0.1, -0.05) is 24.3 Å². The Morgan fingerprint density at radius 1 is 0.469 bits per heavy atom. The topological polar surface area (TPSA) is 61.6 Å². The van der Waals surface area contributed by atoms with E-state index < -0.39 is 0 Å². The van der Waals surface area contributed by atoms with Crippen LogP contribution in [0.25, 0.3) is 0 Å². The van der Waals surface area contributed by atoms with E-state index in [1.165, 1.54) is 0 Å². The summed E-state index contributed by atoms with van der Waals surface area (Å²) in [5.41, 5.74) is 2.03. The highest BCUT2D eigenvalue weighted by molar-refractivity contribution is 6.62. The lowest BCUT2D eigenvalue weighted by atomic mass is 9.79. The molecule has 2 heterocycles. The van der Waals surface area contributed by atoms with Gasteiger partial charge in [-0.2, -0.15) is 10.2 Å². The van der Waals surface area contributed by atoms with Gasteiger partial charge in [-0.15, -0.1) is 0 Å². The molecule has 0 aliphatic carbocycles. The van der Waals surface area contributed by atoms with Gasteiger partial charge >= 0.3 is 14.2 Å². The molecule has 32 heavy (non-hydrogen) atoms. The van der Waals surface area contributed by atoms with Crippen molar-refractivity contribution in [2.45, 2.75) is 77.8 Å². The highest BCUT2D eigenvalue weighted by Gasteiger charge is 2.52. The van der Waals surface area contributed by atoms with Crippen LogP contribution in [-0.4, -0.2) is 36.6 Å². The summed E-state index contributed by atoms with van der Waals surface area (Å²) in [6, 6.07) is 15.6. The van der Waals surface area contributed by atoms with Crippen molar-refractivity contribution in [2.75, 3.05) is 0 Å². The summed E-state index contributed by atoms with van der Waals surface area (Å²) in [5, 5.41) is 8.71. The average molecular weight is 434 g/mol. The Hall–Kier alpha value is -1.99. The van der Waals surface area contributed by atoms with Crippen LogP contribution in [0.1, 0.15) is 55.4 Å². The third kappa shape index (κ3) is 4.29. The van der Waals surface area contributed by atoms with Crippen LogP contribution >= 0.6 is 0 Å². The largest absolute Gasteiger partial charge is 0.494 e. The molecule has 0 saturated carbocycles. The molecule has 2 aromatic rings. The molecule has 0 spiro atoms. The monoisotopic (exact) mass is 434 g/mol. The normalized spacial score (nSPS) is 23.2. The zero-order valence-electron chi connectivity index (χ0n) is 20.3. The van der Waals surface area contributed by atoms with E-state index in [0.717, 1.165) is 22.3 Å². The molecule has 0 unspecified atom stereocenters. The first-order chi connectivity index (χ1) is 14.8. The number of benzene rings is 2. The van der Waals surface area contributed by atoms with E-state index in [9.17, 15) is 0 Å². The number of rotatable bonds is 4. The lowest BCUT2D eigenvalue weighted by Gasteiger charge is -2.32. The van der Waals surface area contributed by atoms with Gasteiger partial charge in [-0.3, -0.25) is 0 Å². The first-order valence-corrected chi connectivity index (χ1v) is 11.1. The third-order valence-electron chi connectivity index (χ3n) is 7.12. The van der Waals surface area contributed by atoms with E-state index in [4.69, 9.17) is 18.6 Å². The number of nitrogens with zero attached hydrogens (tertiary/aromatic N) is 2. The van der Waals surface area contributed by atoms with Gasteiger partial charge in [0.25, 0.3) is 0 Å². The summed E-state index contributed by atoms with van der Waals surface area (Å²) in [6.45, 7) is 16.4. The van der Waals surface area contributed by atoms with Crippen molar-refractivity contribution in [2.24, 2.45) is 10.2 Å². The highest BCUT2D eigenvalue weighted by Crippen LogP contribution is 2.37. The predicted octanol–water partition coefficient (Wildman–Crippen LogP) is 4.70. The molecule has 2 aliphatic heterocycles. The second-order valence-corrected chi connectivity index (χ2v) is 10.6. The Labute approximate surface area is 192 Å². The lowest BCUT2D eigenvalue weighted by Crippen LogP contribution is -2.41. The van der Waals surface area contributed by atoms with Crippen molar-refractivity contribution in [3.8, 4) is 0 Å². The van der Waals surface area contributed by atoms with E-state index in [1.54, 1.807) is 0 Å². The fraction of sp³-hybridized carbons (Fsp3) is 0.500. The molecule has 2 saturated heterocycles. The van der Waals surface area contributed by atoms with Crippen LogP contribution in [0.15, 0.2) is 58.8 Å². The number of azo groups is 1. The standard InChI is InChI=1S/C24H32B2N2O4/c1-21(2)22(3,4)30-25(29-21)17-9-13-19(14-10-17)27-28-20-15-11-18(12-16-20)26-31-23(5,6)24(7,8)32-26/h9-16H,1-8H3. The SMILES string of the molecule is CC1(C)OB(c2ccc(N=Nc3ccc(B4OC(C)(C)C(C)(C)O4)cc3)cc2)OC1(C)C. The van der Waals surface area contributed by atoms with E-state index in [1.807, 2.05) is 104 Å². The van der Waals surface area contributed by atoms with Crippen LogP contribution in [0.3, 0.4) is 0 Å². The maximum atomic E-state index is 6.10. The fourth-order valence-corrected chi connectivity index (χ4v) is 3.47. The molecule has 0 aromatic heterocycles. The Morgan fingerprint density at radius 3 is 0.969 bits per heavy atom. The Bertz CT molecular complexity index is 888. The molecule has 168 valence electrons. The molecule has 6 nitrogen and oxygen atoms in total. The van der Waals surface area contributed by atoms with Gasteiger partial charge in [0.1, 0.15) is 0 Å². The zero-order valence-corrected chi connectivity index (χ0v) is 20.3. The van der Waals surface area contributed by atoms with Crippen molar-refractivity contribution >= 4 is 36.5 Å². The quantitative estimate of drug-likeness (QED) is 0.517. The van der Waals surface area contributed by atoms with E-state index in [-0.39, 0.29) is 36.6 Å². The van der Waals surface area contributed by atoms with E-state index in [2.05, 4.69) is 10.2 Å². The zero-order chi connectivity index (χ0) is 23.4. The summed E-state index contributed by atoms with van der Waals surface area (Å²) < 4.78 is 24.4. The summed E-state index contributed by atoms with van der Waals surface area (Å²) >= 11 is 0. The molecule has 0 atom stereocenters. The maximum Gasteiger partial charge on any atom is 0.494 e. The van der Waals surface area contributed by atoms with Crippen molar-refractivity contribution in [3.63, 3.8) is 0 Å². The van der Waals surface area contributed by atoms with E-state index in [0.29, 0.717) is 0 Å². The maximum absolute atomic E-state index is 6.10. The number of hydrogen-bond donors (Lipinski definition) is 0. The molecule has 4 rings (SSSR count). The van der Waals surface area contributed by atoms with Crippen LogP contribution < -0.4 is 10.9 Å². The van der Waals surface area contributed by atoms with Crippen molar-refractivity contribution in [1.82, 2.24) is 0 Å². The molecule has 0 bridgehead atoms. The Morgan fingerprint density at radius 2 is 0.719 bits per heavy atom. The first-order valence-electron chi connectivity index (χ1n) is 11.1. The van der Waals surface area contributed by atoms with Crippen LogP contribution in [0.2, 0.25) is 0 Å². The highest BCUT2D eigenvalue weighted by atomic mass is 16.7. The van der Waals surface area contributed by atoms with Gasteiger partial charge in [0, 0.05) is 0 Å². The predicted molar refractivity (Wildman–Crippen MR) is 128 cm³/mol. The fourth-order valence-electron chi connectivity index (χ4n) is 3.47. The van der Waals surface area contributed by atoms with Gasteiger partial charge in [-0.05, 0) is 90.6 Å². The summed E-state index contributed by atoms with van der Waals surface area (Å²) in [5.74, 6) is 0. The van der Waals surface area contributed by atoms with Gasteiger partial charge in [0.2, 0.25) is 0 Å². The Balaban J connectivity index is 1.40. The molecule has 2 aliphatic rings. The molecule has 2 aromatic carbocycles. The van der Waals surface area contributed by atoms with Crippen molar-refractivity contribution < 1.29 is 18.6 Å². The van der Waals surface area contributed by atoms with Crippen LogP contribution in [0.4, 0.5) is 11.4 Å². The van der Waals surface area contributed by atoms with Crippen LogP contribution in [0, 0.1) is 0 Å². The molecular formula is C24H32B2N2O4. The van der Waals surface area contributed by atoms with Gasteiger partial charge in [0.15, 0.2) is 0 Å². The average Bonchev–Trinajstić information content (AvgIpc) is 3.07. The van der Waals surface area contributed by atoms with Gasteiger partial charge < -0.3 is 18.6 Å². The molecule has 2 fully saturated rings. The molecule has 0 amide bonds. The lowest BCUT2D eigenvalue weighted by molar-refractivity contribution is 0.00578. The third-order valence-corrected chi connectivity index (χ3v) is 7.12. The molecular weight excluding hydrogens is 402 g/mol.